The van der Waals surface area contributed by atoms with Gasteiger partial charge >= 0.3 is 6.18 Å². The first-order valence-electron chi connectivity index (χ1n) is 10.9. The van der Waals surface area contributed by atoms with E-state index in [1.165, 1.54) is 31.4 Å². The topological polar surface area (TPSA) is 57.2 Å². The third kappa shape index (κ3) is 7.00. The molecule has 0 unspecified atom stereocenters. The van der Waals surface area contributed by atoms with Gasteiger partial charge in [0.25, 0.3) is 0 Å². The molecule has 36 heavy (non-hydrogen) atoms. The first kappa shape index (κ1) is 27.5. The van der Waals surface area contributed by atoms with Gasteiger partial charge in [-0.25, -0.2) is 8.42 Å². The Morgan fingerprint density at radius 3 is 1.58 bits per heavy atom. The summed E-state index contributed by atoms with van der Waals surface area (Å²) < 4.78 is 67.3. The fourth-order valence-electron chi connectivity index (χ4n) is 3.80. The smallest absolute Gasteiger partial charge is 0.416 e. The third-order valence-corrected chi connectivity index (χ3v) is 8.59. The van der Waals surface area contributed by atoms with E-state index < -0.39 is 26.8 Å². The molecule has 0 aliphatic carbocycles. The van der Waals surface area contributed by atoms with Gasteiger partial charge < -0.3 is 4.55 Å². The number of halogens is 3. The summed E-state index contributed by atoms with van der Waals surface area (Å²) in [5.74, 6) is 0. The number of aryl methyl sites for hydroxylation is 3. The van der Waals surface area contributed by atoms with Crippen LogP contribution in [0.3, 0.4) is 0 Å². The zero-order valence-electron chi connectivity index (χ0n) is 19.9. The lowest BCUT2D eigenvalue weighted by Crippen LogP contribution is -2.08. The molecule has 3 nitrogen and oxygen atoms in total. The summed E-state index contributed by atoms with van der Waals surface area (Å²) in [6, 6.07) is 29.0. The van der Waals surface area contributed by atoms with Gasteiger partial charge in [-0.15, -0.1) is 0 Å². The van der Waals surface area contributed by atoms with Crippen molar-refractivity contribution >= 4 is 21.0 Å². The molecule has 0 heterocycles. The van der Waals surface area contributed by atoms with Crippen molar-refractivity contribution in [2.75, 3.05) is 0 Å². The van der Waals surface area contributed by atoms with E-state index in [0.29, 0.717) is 12.1 Å². The Hall–Kier alpha value is -3.07. The standard InChI is InChI=1S/C21H21S.C7H5F3O3S/c1-16-14-17(2)21(18(3)15-16)22(19-10-6-4-7-11-19)20-12-8-5-9-13-20;8-7(9,10)5-2-1-3-6(4-5)14(11,12)13/h4-15H,1-3H3;1-4H,(H,11,12,13)/q+1;/p-1. The SMILES string of the molecule is Cc1cc(C)c([S+](c2ccccc2)c2ccccc2)c(C)c1.O=S(=O)([O-])c1cccc(C(F)(F)F)c1. The number of hydrogen-bond donors (Lipinski definition) is 0. The van der Waals surface area contributed by atoms with Gasteiger partial charge in [0.1, 0.15) is 10.1 Å². The maximum absolute atomic E-state index is 12.1. The molecule has 0 saturated heterocycles. The summed E-state index contributed by atoms with van der Waals surface area (Å²) >= 11 is 0. The summed E-state index contributed by atoms with van der Waals surface area (Å²) in [6.07, 6.45) is -4.65. The molecular weight excluding hydrogens is 505 g/mol. The van der Waals surface area contributed by atoms with Crippen molar-refractivity contribution in [3.8, 4) is 0 Å². The van der Waals surface area contributed by atoms with E-state index in [1.54, 1.807) is 0 Å². The first-order chi connectivity index (χ1) is 16.9. The van der Waals surface area contributed by atoms with Gasteiger partial charge in [0.05, 0.1) is 21.4 Å². The number of rotatable bonds is 4. The second-order valence-electron chi connectivity index (χ2n) is 8.14. The van der Waals surface area contributed by atoms with Crippen molar-refractivity contribution in [3.63, 3.8) is 0 Å². The number of benzene rings is 4. The van der Waals surface area contributed by atoms with Crippen molar-refractivity contribution in [3.05, 3.63) is 119 Å². The van der Waals surface area contributed by atoms with Gasteiger partial charge in [-0.3, -0.25) is 0 Å². The average molecular weight is 531 g/mol. The van der Waals surface area contributed by atoms with Crippen LogP contribution in [-0.2, 0) is 27.2 Å². The highest BCUT2D eigenvalue weighted by atomic mass is 32.2. The minimum atomic E-state index is -4.84. The average Bonchev–Trinajstić information content (AvgIpc) is 2.82. The molecular formula is C28H25F3O3S2. The van der Waals surface area contributed by atoms with Crippen molar-refractivity contribution in [2.24, 2.45) is 0 Å². The maximum atomic E-state index is 12.1. The van der Waals surface area contributed by atoms with Crippen molar-refractivity contribution in [2.45, 2.75) is 46.5 Å². The van der Waals surface area contributed by atoms with Gasteiger partial charge in [0.2, 0.25) is 0 Å². The van der Waals surface area contributed by atoms with E-state index in [2.05, 4.69) is 93.6 Å². The highest BCUT2D eigenvalue weighted by Gasteiger charge is 2.32. The molecule has 0 aromatic heterocycles. The Bertz CT molecular complexity index is 1360. The predicted octanol–water partition coefficient (Wildman–Crippen LogP) is 7.32. The van der Waals surface area contributed by atoms with Gasteiger partial charge in [0, 0.05) is 11.1 Å². The zero-order valence-corrected chi connectivity index (χ0v) is 21.5. The fourth-order valence-corrected chi connectivity index (χ4v) is 6.68. The molecule has 0 amide bonds. The second-order valence-corrected chi connectivity index (χ2v) is 11.5. The second kappa shape index (κ2) is 11.3. The van der Waals surface area contributed by atoms with Crippen LogP contribution in [-0.4, -0.2) is 13.0 Å². The highest BCUT2D eigenvalue weighted by Crippen LogP contribution is 2.35. The van der Waals surface area contributed by atoms with Crippen LogP contribution in [0.25, 0.3) is 0 Å². The Balaban J connectivity index is 0.000000223. The quantitative estimate of drug-likeness (QED) is 0.205. The van der Waals surface area contributed by atoms with E-state index in [4.69, 9.17) is 0 Å². The molecule has 0 N–H and O–H groups in total. The van der Waals surface area contributed by atoms with E-state index >= 15 is 0 Å². The minimum absolute atomic E-state index is 0.0460. The fraction of sp³-hybridized carbons (Fsp3) is 0.143. The summed E-state index contributed by atoms with van der Waals surface area (Å²) in [5, 5.41) is 0. The molecule has 0 aliphatic rings. The molecule has 8 heteroatoms. The molecule has 188 valence electrons. The lowest BCUT2D eigenvalue weighted by Gasteiger charge is -2.13. The van der Waals surface area contributed by atoms with Crippen molar-refractivity contribution < 1.29 is 26.1 Å². The van der Waals surface area contributed by atoms with Crippen molar-refractivity contribution in [1.29, 1.82) is 0 Å². The Labute approximate surface area is 212 Å². The van der Waals surface area contributed by atoms with Crippen LogP contribution in [0.15, 0.2) is 117 Å². The normalized spacial score (nSPS) is 11.7. The van der Waals surface area contributed by atoms with Gasteiger partial charge in [0.15, 0.2) is 14.7 Å². The molecule has 0 atom stereocenters. The molecule has 0 aliphatic heterocycles. The third-order valence-electron chi connectivity index (χ3n) is 5.22. The van der Waals surface area contributed by atoms with Crippen LogP contribution in [0.1, 0.15) is 22.3 Å². The molecule has 0 bridgehead atoms. The lowest BCUT2D eigenvalue weighted by molar-refractivity contribution is -0.137. The van der Waals surface area contributed by atoms with Gasteiger partial charge in [-0.05, 0) is 63.2 Å². The lowest BCUT2D eigenvalue weighted by atomic mass is 10.1. The molecule has 0 spiro atoms. The van der Waals surface area contributed by atoms with E-state index in [-0.39, 0.29) is 10.9 Å². The van der Waals surface area contributed by atoms with Crippen LogP contribution in [0.5, 0.6) is 0 Å². The minimum Gasteiger partial charge on any atom is -0.744 e. The summed E-state index contributed by atoms with van der Waals surface area (Å²) in [4.78, 5) is 3.34. The van der Waals surface area contributed by atoms with E-state index in [0.717, 1.165) is 12.1 Å². The van der Waals surface area contributed by atoms with Crippen LogP contribution < -0.4 is 0 Å². The molecule has 4 rings (SSSR count). The van der Waals surface area contributed by atoms with Crippen LogP contribution in [0, 0.1) is 20.8 Å². The Morgan fingerprint density at radius 1 is 0.694 bits per heavy atom. The van der Waals surface area contributed by atoms with Crippen LogP contribution in [0.4, 0.5) is 13.2 Å². The Kier molecular flexibility index (Phi) is 8.66. The summed E-state index contributed by atoms with van der Waals surface area (Å²) in [6.45, 7) is 6.65. The van der Waals surface area contributed by atoms with Crippen molar-refractivity contribution in [1.82, 2.24) is 0 Å². The highest BCUT2D eigenvalue weighted by molar-refractivity contribution is 7.97. The monoisotopic (exact) mass is 530 g/mol. The predicted molar refractivity (Wildman–Crippen MR) is 135 cm³/mol. The summed E-state index contributed by atoms with van der Waals surface area (Å²) in [5.41, 5.74) is 2.94. The number of alkyl halides is 3. The largest absolute Gasteiger partial charge is 0.744 e. The van der Waals surface area contributed by atoms with E-state index in [1.807, 2.05) is 0 Å². The molecule has 0 saturated carbocycles. The summed E-state index contributed by atoms with van der Waals surface area (Å²) in [7, 11) is -4.88. The first-order valence-corrected chi connectivity index (χ1v) is 13.6. The molecule has 4 aromatic carbocycles. The van der Waals surface area contributed by atoms with Crippen LogP contribution >= 0.6 is 0 Å². The van der Waals surface area contributed by atoms with Gasteiger partial charge in [-0.1, -0.05) is 60.2 Å². The Morgan fingerprint density at radius 2 is 1.17 bits per heavy atom. The zero-order chi connectivity index (χ0) is 26.5. The number of hydrogen-bond acceptors (Lipinski definition) is 3. The maximum Gasteiger partial charge on any atom is 0.416 e. The molecule has 4 aromatic rings. The molecule has 0 radical (unpaired) electrons. The van der Waals surface area contributed by atoms with Crippen LogP contribution in [0.2, 0.25) is 0 Å². The van der Waals surface area contributed by atoms with Gasteiger partial charge in [-0.2, -0.15) is 13.2 Å². The van der Waals surface area contributed by atoms with E-state index in [9.17, 15) is 26.1 Å². The molecule has 0 fully saturated rings.